The van der Waals surface area contributed by atoms with Crippen LogP contribution in [-0.4, -0.2) is 0 Å². The van der Waals surface area contributed by atoms with Crippen molar-refractivity contribution in [1.82, 2.24) is 0 Å². The summed E-state index contributed by atoms with van der Waals surface area (Å²) in [6, 6.07) is 28.9. The lowest BCUT2D eigenvalue weighted by molar-refractivity contribution is -0.716. The molecule has 2 heterocycles. The van der Waals surface area contributed by atoms with Gasteiger partial charge in [-0.25, -0.2) is 0 Å². The van der Waals surface area contributed by atoms with Gasteiger partial charge in [0, 0.05) is 21.8 Å². The van der Waals surface area contributed by atoms with Crippen LogP contribution in [-0.2, 0) is 12.1 Å². The van der Waals surface area contributed by atoms with E-state index in [0.29, 0.717) is 6.73 Å². The molecule has 0 spiro atoms. The maximum absolute atomic E-state index is 6.38. The molecule has 8 rings (SSSR count). The SMILES string of the molecule is CC1(C)c2c3c(cc4cc5ccccc5cc24)OC[n+]2cc4ccc5ccccc5c4c1c2-3. The minimum Gasteiger partial charge on any atom is -0.435 e. The van der Waals surface area contributed by atoms with Gasteiger partial charge in [0.05, 0.1) is 5.56 Å². The predicted molar refractivity (Wildman–Crippen MR) is 135 cm³/mol. The quantitative estimate of drug-likeness (QED) is 0.142. The fourth-order valence-corrected chi connectivity index (χ4v) is 6.48. The van der Waals surface area contributed by atoms with Gasteiger partial charge in [-0.1, -0.05) is 68.4 Å². The van der Waals surface area contributed by atoms with E-state index in [2.05, 4.69) is 103 Å². The number of pyridine rings is 1. The molecule has 2 aliphatic rings. The standard InChI is InChI=1S/C31H22NO/c1-31(2)28-24-14-20-9-4-3-8-19(20)13-22(24)15-25-27(28)30-29(31)26-21(16-32(30)17-33-25)12-11-18-7-5-6-10-23(18)26/h3-16H,17H2,1-2H3/q+1. The molecule has 33 heavy (non-hydrogen) atoms. The number of hydrogen-bond acceptors (Lipinski definition) is 1. The highest BCUT2D eigenvalue weighted by Gasteiger charge is 2.48. The Labute approximate surface area is 191 Å². The molecular weight excluding hydrogens is 402 g/mol. The molecule has 0 bridgehead atoms. The van der Waals surface area contributed by atoms with Crippen molar-refractivity contribution < 1.29 is 9.30 Å². The highest BCUT2D eigenvalue weighted by atomic mass is 16.5. The van der Waals surface area contributed by atoms with Gasteiger partial charge >= 0.3 is 0 Å². The van der Waals surface area contributed by atoms with Gasteiger partial charge in [-0.15, -0.1) is 0 Å². The monoisotopic (exact) mass is 424 g/mol. The van der Waals surface area contributed by atoms with Gasteiger partial charge in [-0.2, -0.15) is 4.57 Å². The molecule has 0 saturated carbocycles. The summed E-state index contributed by atoms with van der Waals surface area (Å²) in [5.74, 6) is 1.01. The zero-order valence-corrected chi connectivity index (χ0v) is 18.6. The third kappa shape index (κ3) is 2.07. The Balaban J connectivity index is 1.61. The van der Waals surface area contributed by atoms with Crippen molar-refractivity contribution in [2.45, 2.75) is 26.0 Å². The molecule has 2 nitrogen and oxygen atoms in total. The number of benzene rings is 5. The van der Waals surface area contributed by atoms with Crippen LogP contribution in [0.15, 0.2) is 85.1 Å². The first-order valence-electron chi connectivity index (χ1n) is 11.6. The second-order valence-corrected chi connectivity index (χ2v) is 10.0. The molecule has 0 atom stereocenters. The first kappa shape index (κ1) is 17.6. The van der Waals surface area contributed by atoms with E-state index in [-0.39, 0.29) is 5.41 Å². The molecule has 1 aliphatic heterocycles. The van der Waals surface area contributed by atoms with Crippen molar-refractivity contribution in [1.29, 1.82) is 0 Å². The molecule has 1 aromatic heterocycles. The number of rotatable bonds is 0. The zero-order chi connectivity index (χ0) is 21.9. The third-order valence-corrected chi connectivity index (χ3v) is 7.85. The number of nitrogens with zero attached hydrogens (tertiary/aromatic N) is 1. The van der Waals surface area contributed by atoms with Crippen LogP contribution in [0.3, 0.4) is 0 Å². The average molecular weight is 425 g/mol. The molecule has 1 aliphatic carbocycles. The van der Waals surface area contributed by atoms with E-state index < -0.39 is 0 Å². The first-order valence-corrected chi connectivity index (χ1v) is 11.6. The minimum atomic E-state index is -0.152. The number of aromatic nitrogens is 1. The summed E-state index contributed by atoms with van der Waals surface area (Å²) in [6.07, 6.45) is 2.28. The van der Waals surface area contributed by atoms with Crippen LogP contribution in [0.2, 0.25) is 0 Å². The minimum absolute atomic E-state index is 0.152. The van der Waals surface area contributed by atoms with E-state index in [1.54, 1.807) is 0 Å². The number of hydrogen-bond donors (Lipinski definition) is 0. The summed E-state index contributed by atoms with van der Waals surface area (Å²) in [5, 5.41) is 10.4. The highest BCUT2D eigenvalue weighted by molar-refractivity contribution is 6.14. The van der Waals surface area contributed by atoms with Crippen molar-refractivity contribution >= 4 is 43.1 Å². The first-order chi connectivity index (χ1) is 16.1. The van der Waals surface area contributed by atoms with Gasteiger partial charge in [-0.3, -0.25) is 0 Å². The second-order valence-electron chi connectivity index (χ2n) is 10.0. The lowest BCUT2D eigenvalue weighted by Crippen LogP contribution is -2.41. The van der Waals surface area contributed by atoms with Crippen LogP contribution in [0.25, 0.3) is 54.3 Å². The maximum Gasteiger partial charge on any atom is 0.292 e. The summed E-state index contributed by atoms with van der Waals surface area (Å²) in [6.45, 7) is 5.34. The summed E-state index contributed by atoms with van der Waals surface area (Å²) in [4.78, 5) is 0. The highest BCUT2D eigenvalue weighted by Crippen LogP contribution is 2.57. The lowest BCUT2D eigenvalue weighted by Gasteiger charge is -2.24. The van der Waals surface area contributed by atoms with Gasteiger partial charge < -0.3 is 4.74 Å². The Kier molecular flexibility index (Phi) is 3.05. The molecule has 156 valence electrons. The van der Waals surface area contributed by atoms with Crippen molar-refractivity contribution in [2.75, 3.05) is 0 Å². The average Bonchev–Trinajstić information content (AvgIpc) is 3.09. The molecule has 5 aromatic carbocycles. The van der Waals surface area contributed by atoms with Gasteiger partial charge in [0.1, 0.15) is 5.75 Å². The van der Waals surface area contributed by atoms with E-state index >= 15 is 0 Å². The van der Waals surface area contributed by atoms with Gasteiger partial charge in [0.25, 0.3) is 6.73 Å². The number of fused-ring (bicyclic) bond motifs is 7. The summed E-state index contributed by atoms with van der Waals surface area (Å²) in [5.41, 5.74) is 5.27. The normalized spacial score (nSPS) is 15.3. The molecule has 2 heteroatoms. The van der Waals surface area contributed by atoms with E-state index in [0.717, 1.165) is 5.75 Å². The van der Waals surface area contributed by atoms with E-state index in [4.69, 9.17) is 4.74 Å². The van der Waals surface area contributed by atoms with Crippen molar-refractivity contribution in [3.05, 3.63) is 96.2 Å². The fraction of sp³-hybridized carbons (Fsp3) is 0.129. The van der Waals surface area contributed by atoms with Crippen LogP contribution in [0.1, 0.15) is 25.0 Å². The van der Waals surface area contributed by atoms with E-state index in [1.807, 2.05) is 0 Å². The summed E-state index contributed by atoms with van der Waals surface area (Å²) in [7, 11) is 0. The second kappa shape index (κ2) is 5.71. The molecule has 0 unspecified atom stereocenters. The maximum atomic E-state index is 6.38. The van der Waals surface area contributed by atoms with Crippen LogP contribution >= 0.6 is 0 Å². The lowest BCUT2D eigenvalue weighted by atomic mass is 9.78. The summed E-state index contributed by atoms with van der Waals surface area (Å²) >= 11 is 0. The molecular formula is C31H22NO+. The van der Waals surface area contributed by atoms with Crippen molar-refractivity contribution in [2.24, 2.45) is 0 Å². The predicted octanol–water partition coefficient (Wildman–Crippen LogP) is 7.24. The molecule has 0 fully saturated rings. The molecule has 0 saturated heterocycles. The van der Waals surface area contributed by atoms with Crippen LogP contribution in [0, 0.1) is 0 Å². The molecule has 0 radical (unpaired) electrons. The van der Waals surface area contributed by atoms with Gasteiger partial charge in [-0.05, 0) is 62.1 Å². The Morgan fingerprint density at radius 1 is 0.697 bits per heavy atom. The Morgan fingerprint density at radius 2 is 1.42 bits per heavy atom. The van der Waals surface area contributed by atoms with E-state index in [9.17, 15) is 0 Å². The summed E-state index contributed by atoms with van der Waals surface area (Å²) < 4.78 is 8.70. The third-order valence-electron chi connectivity index (χ3n) is 7.85. The van der Waals surface area contributed by atoms with Gasteiger partial charge in [0.15, 0.2) is 6.20 Å². The molecule has 6 aromatic rings. The van der Waals surface area contributed by atoms with Crippen LogP contribution in [0.5, 0.6) is 5.75 Å². The smallest absolute Gasteiger partial charge is 0.292 e. The van der Waals surface area contributed by atoms with Crippen molar-refractivity contribution in [3.8, 4) is 17.0 Å². The van der Waals surface area contributed by atoms with E-state index in [1.165, 1.54) is 65.5 Å². The number of ether oxygens (including phenoxy) is 1. The Hall–Kier alpha value is -3.91. The van der Waals surface area contributed by atoms with Crippen LogP contribution in [0.4, 0.5) is 0 Å². The van der Waals surface area contributed by atoms with Crippen LogP contribution < -0.4 is 9.30 Å². The Bertz CT molecular complexity index is 1840. The zero-order valence-electron chi connectivity index (χ0n) is 18.6. The molecule has 0 N–H and O–H groups in total. The molecule has 0 amide bonds. The largest absolute Gasteiger partial charge is 0.435 e. The Morgan fingerprint density at radius 3 is 2.27 bits per heavy atom. The van der Waals surface area contributed by atoms with Crippen molar-refractivity contribution in [3.63, 3.8) is 0 Å². The van der Waals surface area contributed by atoms with Gasteiger partial charge in [0.2, 0.25) is 5.69 Å². The fourth-order valence-electron chi connectivity index (χ4n) is 6.48. The topological polar surface area (TPSA) is 13.1 Å².